The van der Waals surface area contributed by atoms with Crippen molar-refractivity contribution in [2.45, 2.75) is 13.3 Å². The van der Waals surface area contributed by atoms with Gasteiger partial charge in [0.2, 0.25) is 0 Å². The van der Waals surface area contributed by atoms with Gasteiger partial charge < -0.3 is 5.32 Å². The van der Waals surface area contributed by atoms with E-state index in [2.05, 4.69) is 12.2 Å². The normalized spacial score (nSPS) is 22.9. The molecule has 2 atom stereocenters. The lowest BCUT2D eigenvalue weighted by Gasteiger charge is -2.06. The van der Waals surface area contributed by atoms with Gasteiger partial charge in [-0.15, -0.1) is 0 Å². The molecule has 0 spiro atoms. The van der Waals surface area contributed by atoms with Crippen molar-refractivity contribution in [3.05, 3.63) is 34.1 Å². The molecule has 1 fully saturated rings. The van der Waals surface area contributed by atoms with E-state index in [9.17, 15) is 14.5 Å². The molecule has 1 N–H and O–H groups in total. The molecule has 1 aliphatic rings. The summed E-state index contributed by atoms with van der Waals surface area (Å²) in [5.41, 5.74) is 0.118. The van der Waals surface area contributed by atoms with Crippen molar-refractivity contribution in [2.75, 3.05) is 11.9 Å². The number of hydrogen-bond donors (Lipinski definition) is 1. The average Bonchev–Trinajstić information content (AvgIpc) is 2.92. The first-order chi connectivity index (χ1) is 7.58. The third-order valence-corrected chi connectivity index (χ3v) is 2.99. The molecule has 4 nitrogen and oxygen atoms in total. The van der Waals surface area contributed by atoms with Gasteiger partial charge in [0.25, 0.3) is 5.69 Å². The van der Waals surface area contributed by atoms with Crippen molar-refractivity contribution in [1.82, 2.24) is 0 Å². The number of anilines is 1. The van der Waals surface area contributed by atoms with Crippen LogP contribution in [0.2, 0.25) is 0 Å². The predicted molar refractivity (Wildman–Crippen MR) is 58.8 cm³/mol. The van der Waals surface area contributed by atoms with Crippen LogP contribution in [0, 0.1) is 27.8 Å². The van der Waals surface area contributed by atoms with Crippen LogP contribution < -0.4 is 5.32 Å². The predicted octanol–water partition coefficient (Wildman–Crippen LogP) is 2.80. The van der Waals surface area contributed by atoms with E-state index >= 15 is 0 Å². The molecule has 0 saturated heterocycles. The standard InChI is InChI=1S/C11H13FN2O2/c1-7-4-8(7)6-13-11-3-2-9(14(15)16)5-10(11)12/h2-3,5,7-8,13H,4,6H2,1H3. The van der Waals surface area contributed by atoms with Crippen molar-refractivity contribution >= 4 is 11.4 Å². The van der Waals surface area contributed by atoms with Gasteiger partial charge in [0.1, 0.15) is 0 Å². The highest BCUT2D eigenvalue weighted by atomic mass is 19.1. The number of nitro groups is 1. The Labute approximate surface area is 92.6 Å². The number of nitrogens with one attached hydrogen (secondary N) is 1. The highest BCUT2D eigenvalue weighted by Gasteiger charge is 2.32. The van der Waals surface area contributed by atoms with Gasteiger partial charge in [-0.25, -0.2) is 4.39 Å². The van der Waals surface area contributed by atoms with E-state index in [1.807, 2.05) is 0 Å². The van der Waals surface area contributed by atoms with Crippen molar-refractivity contribution in [3.63, 3.8) is 0 Å². The third-order valence-electron chi connectivity index (χ3n) is 2.99. The first-order valence-electron chi connectivity index (χ1n) is 5.25. The molecule has 1 saturated carbocycles. The first kappa shape index (κ1) is 10.9. The SMILES string of the molecule is CC1CC1CNc1ccc([N+](=O)[O-])cc1F. The second kappa shape index (κ2) is 4.08. The number of benzene rings is 1. The van der Waals surface area contributed by atoms with Crippen molar-refractivity contribution < 1.29 is 9.31 Å². The smallest absolute Gasteiger partial charge is 0.272 e. The minimum Gasteiger partial charge on any atom is -0.382 e. The molecule has 86 valence electrons. The molecule has 1 aliphatic carbocycles. The molecular weight excluding hydrogens is 211 g/mol. The maximum absolute atomic E-state index is 13.4. The van der Waals surface area contributed by atoms with E-state index < -0.39 is 10.7 Å². The van der Waals surface area contributed by atoms with E-state index in [0.29, 0.717) is 17.5 Å². The van der Waals surface area contributed by atoms with Crippen LogP contribution in [0.5, 0.6) is 0 Å². The van der Waals surface area contributed by atoms with Gasteiger partial charge in [0.05, 0.1) is 16.7 Å². The lowest BCUT2D eigenvalue weighted by Crippen LogP contribution is -2.06. The van der Waals surface area contributed by atoms with Gasteiger partial charge >= 0.3 is 0 Å². The molecule has 2 unspecified atom stereocenters. The van der Waals surface area contributed by atoms with E-state index in [-0.39, 0.29) is 5.69 Å². The fraction of sp³-hybridized carbons (Fsp3) is 0.455. The van der Waals surface area contributed by atoms with E-state index in [0.717, 1.165) is 12.6 Å². The first-order valence-corrected chi connectivity index (χ1v) is 5.25. The Balaban J connectivity index is 2.01. The molecule has 0 aliphatic heterocycles. The number of nitrogens with zero attached hydrogens (tertiary/aromatic N) is 1. The summed E-state index contributed by atoms with van der Waals surface area (Å²) in [4.78, 5) is 9.80. The van der Waals surface area contributed by atoms with E-state index in [4.69, 9.17) is 0 Å². The van der Waals surface area contributed by atoms with Crippen molar-refractivity contribution in [1.29, 1.82) is 0 Å². The Hall–Kier alpha value is -1.65. The molecule has 5 heteroatoms. The van der Waals surface area contributed by atoms with Gasteiger partial charge in [-0.1, -0.05) is 6.92 Å². The third kappa shape index (κ3) is 2.29. The zero-order chi connectivity index (χ0) is 11.7. The quantitative estimate of drug-likeness (QED) is 0.632. The molecule has 0 amide bonds. The Morgan fingerprint density at radius 2 is 2.31 bits per heavy atom. The van der Waals surface area contributed by atoms with Gasteiger partial charge in [-0.2, -0.15) is 0 Å². The largest absolute Gasteiger partial charge is 0.382 e. The minimum atomic E-state index is -0.601. The Bertz CT molecular complexity index is 422. The van der Waals surface area contributed by atoms with Crippen LogP contribution in [0.1, 0.15) is 13.3 Å². The Kier molecular flexibility index (Phi) is 2.77. The van der Waals surface area contributed by atoms with Crippen LogP contribution in [0.15, 0.2) is 18.2 Å². The van der Waals surface area contributed by atoms with Crippen molar-refractivity contribution in [2.24, 2.45) is 11.8 Å². The second-order valence-corrected chi connectivity index (χ2v) is 4.28. The van der Waals surface area contributed by atoms with E-state index in [1.54, 1.807) is 0 Å². The van der Waals surface area contributed by atoms with Crippen LogP contribution in [-0.4, -0.2) is 11.5 Å². The summed E-state index contributed by atoms with van der Waals surface area (Å²) in [6.45, 7) is 2.88. The Morgan fingerprint density at radius 1 is 1.62 bits per heavy atom. The van der Waals surface area contributed by atoms with Gasteiger partial charge in [-0.3, -0.25) is 10.1 Å². The minimum absolute atomic E-state index is 0.220. The second-order valence-electron chi connectivity index (χ2n) is 4.28. The summed E-state index contributed by atoms with van der Waals surface area (Å²) in [5, 5.41) is 13.4. The van der Waals surface area contributed by atoms with Crippen molar-refractivity contribution in [3.8, 4) is 0 Å². The summed E-state index contributed by atoms with van der Waals surface area (Å²) in [6.07, 6.45) is 1.17. The molecule has 1 aromatic rings. The zero-order valence-corrected chi connectivity index (χ0v) is 8.94. The van der Waals surface area contributed by atoms with Crippen LogP contribution in [0.3, 0.4) is 0 Å². The maximum Gasteiger partial charge on any atom is 0.272 e. The highest BCUT2D eigenvalue weighted by Crippen LogP contribution is 2.37. The number of hydrogen-bond acceptors (Lipinski definition) is 3. The molecule has 2 rings (SSSR count). The fourth-order valence-corrected chi connectivity index (χ4v) is 1.69. The number of halogens is 1. The maximum atomic E-state index is 13.4. The van der Waals surface area contributed by atoms with Crippen LogP contribution in [0.25, 0.3) is 0 Å². The van der Waals surface area contributed by atoms with Gasteiger partial charge in [0, 0.05) is 12.6 Å². The molecule has 0 bridgehead atoms. The summed E-state index contributed by atoms with van der Waals surface area (Å²) < 4.78 is 13.4. The molecular formula is C11H13FN2O2. The lowest BCUT2D eigenvalue weighted by atomic mass is 10.2. The summed E-state index contributed by atoms with van der Waals surface area (Å²) in [5.74, 6) is 0.741. The molecule has 0 aromatic heterocycles. The van der Waals surface area contributed by atoms with Crippen LogP contribution in [-0.2, 0) is 0 Å². The van der Waals surface area contributed by atoms with Gasteiger partial charge in [-0.05, 0) is 24.3 Å². The number of nitro benzene ring substituents is 1. The Morgan fingerprint density at radius 3 is 2.81 bits per heavy atom. The molecule has 1 aromatic carbocycles. The van der Waals surface area contributed by atoms with E-state index in [1.165, 1.54) is 18.6 Å². The molecule has 16 heavy (non-hydrogen) atoms. The average molecular weight is 224 g/mol. The number of rotatable bonds is 4. The molecule has 0 heterocycles. The summed E-state index contributed by atoms with van der Waals surface area (Å²) in [7, 11) is 0. The highest BCUT2D eigenvalue weighted by molar-refractivity contribution is 5.50. The molecule has 0 radical (unpaired) electrons. The summed E-state index contributed by atoms with van der Waals surface area (Å²) >= 11 is 0. The monoisotopic (exact) mass is 224 g/mol. The van der Waals surface area contributed by atoms with Crippen LogP contribution in [0.4, 0.5) is 15.8 Å². The topological polar surface area (TPSA) is 55.2 Å². The number of non-ortho nitro benzene ring substituents is 1. The summed E-state index contributed by atoms with van der Waals surface area (Å²) in [6, 6.07) is 3.67. The fourth-order valence-electron chi connectivity index (χ4n) is 1.69. The zero-order valence-electron chi connectivity index (χ0n) is 8.94. The lowest BCUT2D eigenvalue weighted by molar-refractivity contribution is -0.385. The van der Waals surface area contributed by atoms with Gasteiger partial charge in [0.15, 0.2) is 5.82 Å². The van der Waals surface area contributed by atoms with Crippen LogP contribution >= 0.6 is 0 Å².